The van der Waals surface area contributed by atoms with Crippen molar-refractivity contribution in [2.75, 3.05) is 44.9 Å². The molecule has 1 N–H and O–H groups in total. The van der Waals surface area contributed by atoms with Gasteiger partial charge in [0, 0.05) is 25.9 Å². The van der Waals surface area contributed by atoms with Gasteiger partial charge in [0.2, 0.25) is 17.7 Å². The Bertz CT molecular complexity index is 1230. The Kier molecular flexibility index (Phi) is 5.52. The van der Waals surface area contributed by atoms with Gasteiger partial charge in [0.05, 0.1) is 24.7 Å². The minimum Gasteiger partial charge on any atom is -0.494 e. The summed E-state index contributed by atoms with van der Waals surface area (Å²) in [5, 5.41) is 2.91. The summed E-state index contributed by atoms with van der Waals surface area (Å²) in [7, 11) is 1.63. The Morgan fingerprint density at radius 1 is 1.14 bits per heavy atom. The van der Waals surface area contributed by atoms with Crippen LogP contribution in [0.5, 0.6) is 5.75 Å². The molecule has 188 valence electrons. The van der Waals surface area contributed by atoms with Crippen LogP contribution in [0.25, 0.3) is 0 Å². The highest BCUT2D eigenvalue weighted by Crippen LogP contribution is 2.59. The Morgan fingerprint density at radius 3 is 2.78 bits per heavy atom. The smallest absolute Gasteiger partial charge is 0.240 e. The van der Waals surface area contributed by atoms with E-state index in [1.807, 2.05) is 53.4 Å². The molecule has 2 atom stereocenters. The summed E-state index contributed by atoms with van der Waals surface area (Å²) in [4.78, 5) is 44.7. The van der Waals surface area contributed by atoms with Gasteiger partial charge in [0.15, 0.2) is 0 Å². The summed E-state index contributed by atoms with van der Waals surface area (Å²) in [6.45, 7) is 1.72. The number of rotatable bonds is 3. The fourth-order valence-corrected chi connectivity index (χ4v) is 6.34. The molecule has 2 aromatic carbocycles. The summed E-state index contributed by atoms with van der Waals surface area (Å²) in [5.41, 5.74) is 1.00. The second-order valence-electron chi connectivity index (χ2n) is 10.4. The molecule has 36 heavy (non-hydrogen) atoms. The summed E-state index contributed by atoms with van der Waals surface area (Å²) >= 11 is 0. The van der Waals surface area contributed by atoms with E-state index in [0.717, 1.165) is 29.7 Å². The van der Waals surface area contributed by atoms with Crippen molar-refractivity contribution in [3.05, 3.63) is 59.7 Å². The number of para-hydroxylation sites is 1. The first-order chi connectivity index (χ1) is 17.5. The fraction of sp³-hybridized carbons (Fsp3) is 0.464. The van der Waals surface area contributed by atoms with Gasteiger partial charge >= 0.3 is 0 Å². The number of anilines is 1. The van der Waals surface area contributed by atoms with Crippen LogP contribution >= 0.6 is 0 Å². The van der Waals surface area contributed by atoms with Crippen molar-refractivity contribution in [2.24, 2.45) is 5.41 Å². The second-order valence-corrected chi connectivity index (χ2v) is 10.4. The van der Waals surface area contributed by atoms with Crippen LogP contribution in [0.3, 0.4) is 0 Å². The highest BCUT2D eigenvalue weighted by Gasteiger charge is 2.64. The quantitative estimate of drug-likeness (QED) is 0.716. The molecule has 4 aliphatic rings. The maximum Gasteiger partial charge on any atom is 0.240 e. The summed E-state index contributed by atoms with van der Waals surface area (Å²) in [6.07, 6.45) is 2.72. The van der Waals surface area contributed by atoms with Crippen LogP contribution < -0.4 is 15.0 Å². The van der Waals surface area contributed by atoms with Gasteiger partial charge in [0.1, 0.15) is 17.7 Å². The van der Waals surface area contributed by atoms with Gasteiger partial charge in [-0.25, -0.2) is 0 Å². The van der Waals surface area contributed by atoms with Gasteiger partial charge in [-0.3, -0.25) is 14.4 Å². The van der Waals surface area contributed by atoms with Crippen molar-refractivity contribution >= 4 is 23.4 Å². The summed E-state index contributed by atoms with van der Waals surface area (Å²) in [5.74, 6) is 0.406. The van der Waals surface area contributed by atoms with Crippen molar-refractivity contribution in [3.8, 4) is 5.75 Å². The third-order valence-corrected chi connectivity index (χ3v) is 8.20. The maximum absolute atomic E-state index is 14.4. The Hall–Kier alpha value is -3.39. The number of likely N-dealkylation sites (tertiary alicyclic amines) is 1. The van der Waals surface area contributed by atoms with E-state index in [1.165, 1.54) is 0 Å². The van der Waals surface area contributed by atoms with Gasteiger partial charge < -0.3 is 24.6 Å². The monoisotopic (exact) mass is 489 g/mol. The molecule has 1 aliphatic carbocycles. The van der Waals surface area contributed by atoms with Crippen LogP contribution in [0.2, 0.25) is 0 Å². The van der Waals surface area contributed by atoms with Gasteiger partial charge in [-0.2, -0.15) is 0 Å². The Labute approximate surface area is 210 Å². The molecule has 1 saturated carbocycles. The van der Waals surface area contributed by atoms with Gasteiger partial charge in [0.25, 0.3) is 0 Å². The van der Waals surface area contributed by atoms with E-state index in [2.05, 4.69) is 5.32 Å². The lowest BCUT2D eigenvalue weighted by atomic mass is 9.72. The minimum atomic E-state index is -0.974. The van der Waals surface area contributed by atoms with E-state index in [0.29, 0.717) is 44.9 Å². The van der Waals surface area contributed by atoms with Crippen molar-refractivity contribution in [1.82, 2.24) is 10.2 Å². The van der Waals surface area contributed by atoms with Crippen molar-refractivity contribution < 1.29 is 23.9 Å². The summed E-state index contributed by atoms with van der Waals surface area (Å²) in [6, 6.07) is 15.0. The number of hydrogen-bond donors (Lipinski definition) is 1. The Morgan fingerprint density at radius 2 is 1.97 bits per heavy atom. The highest BCUT2D eigenvalue weighted by molar-refractivity contribution is 6.12. The lowest BCUT2D eigenvalue weighted by Crippen LogP contribution is -2.49. The molecule has 0 unspecified atom stereocenters. The van der Waals surface area contributed by atoms with Crippen molar-refractivity contribution in [1.29, 1.82) is 0 Å². The third kappa shape index (κ3) is 3.42. The van der Waals surface area contributed by atoms with E-state index in [-0.39, 0.29) is 24.3 Å². The number of methoxy groups -OCH3 is 1. The summed E-state index contributed by atoms with van der Waals surface area (Å²) < 4.78 is 11.4. The zero-order valence-electron chi connectivity index (χ0n) is 20.5. The molecule has 0 radical (unpaired) electrons. The number of benzene rings is 2. The molecule has 1 spiro atoms. The third-order valence-electron chi connectivity index (χ3n) is 8.20. The first-order valence-corrected chi connectivity index (χ1v) is 12.7. The molecular formula is C28H31N3O5. The lowest BCUT2D eigenvalue weighted by Gasteiger charge is -2.36. The van der Waals surface area contributed by atoms with E-state index >= 15 is 0 Å². The molecule has 6 rings (SSSR count). The number of carbonyl (C=O) groups is 3. The van der Waals surface area contributed by atoms with Crippen molar-refractivity contribution in [3.63, 3.8) is 0 Å². The van der Waals surface area contributed by atoms with E-state index in [9.17, 15) is 14.4 Å². The second kappa shape index (κ2) is 8.62. The molecule has 8 heteroatoms. The highest BCUT2D eigenvalue weighted by atomic mass is 16.5. The van der Waals surface area contributed by atoms with E-state index in [1.54, 1.807) is 12.0 Å². The Balaban J connectivity index is 1.53. The number of hydrogen-bond acceptors (Lipinski definition) is 5. The molecule has 3 amide bonds. The molecular weight excluding hydrogens is 458 g/mol. The predicted octanol–water partition coefficient (Wildman–Crippen LogP) is 2.57. The van der Waals surface area contributed by atoms with E-state index < -0.39 is 16.9 Å². The average Bonchev–Trinajstić information content (AvgIpc) is 3.50. The topological polar surface area (TPSA) is 88.2 Å². The zero-order valence-corrected chi connectivity index (χ0v) is 20.5. The van der Waals surface area contributed by atoms with Crippen LogP contribution in [0.15, 0.2) is 48.5 Å². The SMILES string of the molecule is COCC1(C(=O)N2CC[C@]34C(=O)N(CC(=O)NCCCOc5cccc(c5)[C@H]23)c2ccccc24)CC1. The fourth-order valence-electron chi connectivity index (χ4n) is 6.34. The largest absolute Gasteiger partial charge is 0.494 e. The number of fused-ring (bicyclic) bond motifs is 6. The normalized spacial score (nSPS) is 26.4. The number of amides is 3. The molecule has 1 saturated heterocycles. The average molecular weight is 490 g/mol. The molecule has 2 aromatic rings. The number of nitrogens with one attached hydrogen (secondary N) is 1. The first kappa shape index (κ1) is 23.0. The van der Waals surface area contributed by atoms with Crippen LogP contribution in [-0.2, 0) is 24.5 Å². The van der Waals surface area contributed by atoms with Gasteiger partial charge in [-0.05, 0) is 55.0 Å². The van der Waals surface area contributed by atoms with Gasteiger partial charge in [-0.1, -0.05) is 30.3 Å². The number of nitrogens with zero attached hydrogens (tertiary/aromatic N) is 2. The lowest BCUT2D eigenvalue weighted by molar-refractivity contribution is -0.141. The first-order valence-electron chi connectivity index (χ1n) is 12.7. The van der Waals surface area contributed by atoms with Crippen LogP contribution in [0, 0.1) is 5.41 Å². The molecule has 0 aromatic heterocycles. The van der Waals surface area contributed by atoms with Crippen molar-refractivity contribution in [2.45, 2.75) is 37.1 Å². The van der Waals surface area contributed by atoms with E-state index in [4.69, 9.17) is 9.47 Å². The van der Waals surface area contributed by atoms with Crippen LogP contribution in [-0.4, -0.2) is 62.6 Å². The molecule has 4 bridgehead atoms. The predicted molar refractivity (Wildman–Crippen MR) is 133 cm³/mol. The van der Waals surface area contributed by atoms with Crippen LogP contribution in [0.4, 0.5) is 5.69 Å². The molecule has 8 nitrogen and oxygen atoms in total. The van der Waals surface area contributed by atoms with Crippen LogP contribution in [0.1, 0.15) is 42.9 Å². The standard InChI is InChI=1S/C28H31N3O5/c1-35-18-27(10-11-27)25(33)30-14-12-28-21-8-2-3-9-22(21)31(26(28)34)17-23(32)29-13-5-15-36-20-7-4-6-19(16-20)24(28)30/h2-4,6-9,16,24H,5,10-15,17-18H2,1H3,(H,29,32)/t24-,28+/m0/s1. The maximum atomic E-state index is 14.4. The molecule has 2 fully saturated rings. The molecule has 3 aliphatic heterocycles. The zero-order chi connectivity index (χ0) is 24.9. The minimum absolute atomic E-state index is 0.0418. The molecule has 3 heterocycles. The number of carbonyl (C=O) groups excluding carboxylic acids is 3. The van der Waals surface area contributed by atoms with Gasteiger partial charge in [-0.15, -0.1) is 0 Å². The number of ether oxygens (including phenoxy) is 2.